The molecule has 2 aromatic rings. The van der Waals surface area contributed by atoms with Gasteiger partial charge in [-0.1, -0.05) is 55.5 Å². The summed E-state index contributed by atoms with van der Waals surface area (Å²) in [6, 6.07) is 15.2. The van der Waals surface area contributed by atoms with E-state index < -0.39 is 18.1 Å². The number of carboxylic acids is 1. The molecule has 0 aliphatic heterocycles. The number of aliphatic carboxylic acids is 1. The molecule has 1 N–H and O–H groups in total. The normalized spacial score (nSPS) is 13.4. The average molecular weight is 397 g/mol. The molecule has 0 aromatic heterocycles. The van der Waals surface area contributed by atoms with Crippen molar-refractivity contribution in [2.75, 3.05) is 26.9 Å². The number of fused-ring (bicyclic) bond motifs is 3. The van der Waals surface area contributed by atoms with Crippen LogP contribution in [0.5, 0.6) is 0 Å². The molecule has 154 valence electrons. The molecule has 6 nitrogen and oxygen atoms in total. The molecule has 0 heterocycles. The lowest BCUT2D eigenvalue weighted by Gasteiger charge is -2.25. The summed E-state index contributed by atoms with van der Waals surface area (Å²) in [5, 5.41) is 9.48. The Labute approximate surface area is 171 Å². The molecule has 2 aromatic carbocycles. The monoisotopic (exact) mass is 397 g/mol. The zero-order chi connectivity index (χ0) is 20.8. The SMILES string of the molecule is CCCOCCC(C(=O)O)N(C)C(=O)OCC1c2ccccc2-c2ccccc21. The van der Waals surface area contributed by atoms with E-state index in [0.717, 1.165) is 33.6 Å². The molecule has 0 saturated heterocycles. The molecule has 0 saturated carbocycles. The summed E-state index contributed by atoms with van der Waals surface area (Å²) in [7, 11) is 1.46. The van der Waals surface area contributed by atoms with Gasteiger partial charge in [-0.2, -0.15) is 0 Å². The molecule has 29 heavy (non-hydrogen) atoms. The lowest BCUT2D eigenvalue weighted by molar-refractivity contribution is -0.143. The van der Waals surface area contributed by atoms with Crippen molar-refractivity contribution >= 4 is 12.1 Å². The summed E-state index contributed by atoms with van der Waals surface area (Å²) in [5.74, 6) is -1.13. The molecule has 3 rings (SSSR count). The number of benzene rings is 2. The third kappa shape index (κ3) is 4.59. The van der Waals surface area contributed by atoms with Crippen molar-refractivity contribution in [1.82, 2.24) is 4.90 Å². The number of carboxylic acid groups (broad SMARTS) is 1. The summed E-state index contributed by atoms with van der Waals surface area (Å²) in [6.45, 7) is 3.00. The summed E-state index contributed by atoms with van der Waals surface area (Å²) in [4.78, 5) is 25.3. The zero-order valence-corrected chi connectivity index (χ0v) is 16.8. The summed E-state index contributed by atoms with van der Waals surface area (Å²) in [6.07, 6.45) is 0.436. The molecule has 0 fully saturated rings. The van der Waals surface area contributed by atoms with Crippen LogP contribution in [0.2, 0.25) is 0 Å². The Kier molecular flexibility index (Phi) is 6.88. The minimum Gasteiger partial charge on any atom is -0.480 e. The highest BCUT2D eigenvalue weighted by Crippen LogP contribution is 2.44. The number of carbonyl (C=O) groups excluding carboxylic acids is 1. The van der Waals surface area contributed by atoms with Crippen molar-refractivity contribution in [2.24, 2.45) is 0 Å². The van der Waals surface area contributed by atoms with Crippen LogP contribution in [0.1, 0.15) is 36.8 Å². The maximum absolute atomic E-state index is 12.6. The number of nitrogens with zero attached hydrogens (tertiary/aromatic N) is 1. The second-order valence-corrected chi connectivity index (χ2v) is 7.17. The lowest BCUT2D eigenvalue weighted by atomic mass is 9.98. The summed E-state index contributed by atoms with van der Waals surface area (Å²) >= 11 is 0. The molecular formula is C23H27NO5. The summed E-state index contributed by atoms with van der Waals surface area (Å²) in [5.41, 5.74) is 4.53. The molecule has 6 heteroatoms. The van der Waals surface area contributed by atoms with E-state index in [1.54, 1.807) is 0 Å². The second-order valence-electron chi connectivity index (χ2n) is 7.17. The highest BCUT2D eigenvalue weighted by atomic mass is 16.6. The Morgan fingerprint density at radius 1 is 1.03 bits per heavy atom. The quantitative estimate of drug-likeness (QED) is 0.644. The van der Waals surface area contributed by atoms with E-state index in [1.807, 2.05) is 43.3 Å². The van der Waals surface area contributed by atoms with Gasteiger partial charge in [0.25, 0.3) is 0 Å². The Balaban J connectivity index is 1.66. The van der Waals surface area contributed by atoms with Gasteiger partial charge >= 0.3 is 12.1 Å². The van der Waals surface area contributed by atoms with E-state index >= 15 is 0 Å². The molecular weight excluding hydrogens is 370 g/mol. The van der Waals surface area contributed by atoms with Gasteiger partial charge in [0.15, 0.2) is 0 Å². The first kappa shape index (κ1) is 20.9. The molecule has 1 amide bonds. The van der Waals surface area contributed by atoms with Gasteiger partial charge in [-0.15, -0.1) is 0 Å². The molecule has 1 aliphatic carbocycles. The molecule has 0 spiro atoms. The standard InChI is InChI=1S/C23H27NO5/c1-3-13-28-14-12-21(22(25)26)24(2)23(27)29-15-20-18-10-6-4-8-16(18)17-9-5-7-11-19(17)20/h4-11,20-21H,3,12-15H2,1-2H3,(H,25,26). The number of hydrogen-bond donors (Lipinski definition) is 1. The molecule has 1 unspecified atom stereocenters. The van der Waals surface area contributed by atoms with Gasteiger partial charge in [0.05, 0.1) is 0 Å². The lowest BCUT2D eigenvalue weighted by Crippen LogP contribution is -2.43. The largest absolute Gasteiger partial charge is 0.480 e. The fourth-order valence-corrected chi connectivity index (χ4v) is 3.75. The first-order valence-electron chi connectivity index (χ1n) is 9.93. The highest BCUT2D eigenvalue weighted by molar-refractivity contribution is 5.81. The van der Waals surface area contributed by atoms with Crippen molar-refractivity contribution in [3.63, 3.8) is 0 Å². The van der Waals surface area contributed by atoms with Crippen molar-refractivity contribution < 1.29 is 24.2 Å². The number of hydrogen-bond acceptors (Lipinski definition) is 4. The van der Waals surface area contributed by atoms with Crippen LogP contribution in [0.25, 0.3) is 11.1 Å². The molecule has 0 bridgehead atoms. The van der Waals surface area contributed by atoms with Crippen LogP contribution in [0.4, 0.5) is 4.79 Å². The van der Waals surface area contributed by atoms with Gasteiger partial charge in [0, 0.05) is 32.6 Å². The second kappa shape index (κ2) is 9.56. The first-order valence-corrected chi connectivity index (χ1v) is 9.93. The zero-order valence-electron chi connectivity index (χ0n) is 16.8. The fraction of sp³-hybridized carbons (Fsp3) is 0.391. The van der Waals surface area contributed by atoms with Crippen LogP contribution in [-0.2, 0) is 14.3 Å². The minimum atomic E-state index is -1.07. The first-order chi connectivity index (χ1) is 14.0. The maximum Gasteiger partial charge on any atom is 0.410 e. The van der Waals surface area contributed by atoms with Crippen molar-refractivity contribution in [2.45, 2.75) is 31.7 Å². The van der Waals surface area contributed by atoms with Crippen molar-refractivity contribution in [3.8, 4) is 11.1 Å². The third-order valence-corrected chi connectivity index (χ3v) is 5.26. The predicted molar refractivity (Wildman–Crippen MR) is 110 cm³/mol. The van der Waals surface area contributed by atoms with E-state index in [2.05, 4.69) is 12.1 Å². The van der Waals surface area contributed by atoms with Gasteiger partial charge in [0.2, 0.25) is 0 Å². The Morgan fingerprint density at radius 3 is 2.17 bits per heavy atom. The van der Waals surface area contributed by atoms with E-state index in [-0.39, 0.29) is 25.6 Å². The number of ether oxygens (including phenoxy) is 2. The van der Waals surface area contributed by atoms with Gasteiger partial charge in [-0.25, -0.2) is 9.59 Å². The van der Waals surface area contributed by atoms with Crippen LogP contribution in [0.15, 0.2) is 48.5 Å². The van der Waals surface area contributed by atoms with E-state index in [9.17, 15) is 14.7 Å². The number of likely N-dealkylation sites (N-methyl/N-ethyl adjacent to an activating group) is 1. The smallest absolute Gasteiger partial charge is 0.410 e. The Hall–Kier alpha value is -2.86. The number of rotatable bonds is 9. The van der Waals surface area contributed by atoms with Crippen LogP contribution < -0.4 is 0 Å². The van der Waals surface area contributed by atoms with Crippen LogP contribution in [0.3, 0.4) is 0 Å². The molecule has 0 radical (unpaired) electrons. The Bertz CT molecular complexity index is 820. The summed E-state index contributed by atoms with van der Waals surface area (Å²) < 4.78 is 10.9. The molecule has 1 atom stereocenters. The number of carbonyl (C=O) groups is 2. The fourth-order valence-electron chi connectivity index (χ4n) is 3.75. The van der Waals surface area contributed by atoms with E-state index in [1.165, 1.54) is 7.05 Å². The van der Waals surface area contributed by atoms with Gasteiger partial charge in [0.1, 0.15) is 12.6 Å². The predicted octanol–water partition coefficient (Wildman–Crippen LogP) is 4.14. The van der Waals surface area contributed by atoms with Gasteiger partial charge in [-0.3, -0.25) is 4.90 Å². The van der Waals surface area contributed by atoms with E-state index in [0.29, 0.717) is 6.61 Å². The molecule has 1 aliphatic rings. The van der Waals surface area contributed by atoms with Gasteiger partial charge in [-0.05, 0) is 28.7 Å². The number of amides is 1. The van der Waals surface area contributed by atoms with Crippen LogP contribution in [0, 0.1) is 0 Å². The minimum absolute atomic E-state index is 0.0593. The topological polar surface area (TPSA) is 76.1 Å². The van der Waals surface area contributed by atoms with E-state index in [4.69, 9.17) is 9.47 Å². The van der Waals surface area contributed by atoms with Crippen molar-refractivity contribution in [3.05, 3.63) is 59.7 Å². The van der Waals surface area contributed by atoms with Crippen LogP contribution >= 0.6 is 0 Å². The highest BCUT2D eigenvalue weighted by Gasteiger charge is 2.31. The Morgan fingerprint density at radius 2 is 1.62 bits per heavy atom. The van der Waals surface area contributed by atoms with Crippen molar-refractivity contribution in [1.29, 1.82) is 0 Å². The average Bonchev–Trinajstić information content (AvgIpc) is 3.05. The maximum atomic E-state index is 12.6. The third-order valence-electron chi connectivity index (χ3n) is 5.26. The van der Waals surface area contributed by atoms with Gasteiger partial charge < -0.3 is 14.6 Å². The van der Waals surface area contributed by atoms with Crippen LogP contribution in [-0.4, -0.2) is 55.0 Å².